The zero-order chi connectivity index (χ0) is 14.6. The fourth-order valence-electron chi connectivity index (χ4n) is 1.69. The minimum Gasteiger partial charge on any atom is -0.326 e. The van der Waals surface area contributed by atoms with E-state index >= 15 is 0 Å². The average molecular weight is 288 g/mol. The van der Waals surface area contributed by atoms with Gasteiger partial charge in [0.2, 0.25) is 15.9 Å². The normalized spacial score (nSPS) is 11.6. The van der Waals surface area contributed by atoms with Crippen LogP contribution in [0.2, 0.25) is 0 Å². The lowest BCUT2D eigenvalue weighted by atomic mass is 10.3. The lowest BCUT2D eigenvalue weighted by Crippen LogP contribution is -2.31. The minimum absolute atomic E-state index is 0.225. The molecule has 0 saturated heterocycles. The summed E-state index contributed by atoms with van der Waals surface area (Å²) in [6, 6.07) is 3.52. The topological polar surface area (TPSA) is 66.5 Å². The maximum Gasteiger partial charge on any atom is 0.245 e. The first-order chi connectivity index (χ1) is 8.82. The third-order valence-corrected chi connectivity index (χ3v) is 4.66. The Morgan fingerprint density at radius 3 is 2.32 bits per heavy atom. The molecule has 0 aliphatic heterocycles. The Labute approximate surface area is 112 Å². The molecule has 5 nitrogen and oxygen atoms in total. The van der Waals surface area contributed by atoms with Crippen molar-refractivity contribution in [1.82, 2.24) is 4.31 Å². The predicted molar refractivity (Wildman–Crippen MR) is 70.8 cm³/mol. The van der Waals surface area contributed by atoms with Crippen LogP contribution < -0.4 is 5.32 Å². The Bertz CT molecular complexity index is 568. The molecule has 0 fully saturated rings. The van der Waals surface area contributed by atoms with Crippen molar-refractivity contribution in [3.05, 3.63) is 24.0 Å². The number of benzene rings is 1. The first kappa shape index (κ1) is 15.6. The van der Waals surface area contributed by atoms with E-state index in [2.05, 4.69) is 5.32 Å². The van der Waals surface area contributed by atoms with Crippen LogP contribution in [0.5, 0.6) is 0 Å². The monoisotopic (exact) mass is 288 g/mol. The molecule has 1 amide bonds. The Hall–Kier alpha value is -1.47. The summed E-state index contributed by atoms with van der Waals surface area (Å²) >= 11 is 0. The molecule has 1 N–H and O–H groups in total. The first-order valence-electron chi connectivity index (χ1n) is 5.90. The number of hydrogen-bond acceptors (Lipinski definition) is 3. The van der Waals surface area contributed by atoms with E-state index in [0.717, 1.165) is 12.1 Å². The number of rotatable bonds is 5. The quantitative estimate of drug-likeness (QED) is 0.898. The Kier molecular flexibility index (Phi) is 5.02. The molecule has 0 aliphatic carbocycles. The average Bonchev–Trinajstić information content (AvgIpc) is 2.28. The van der Waals surface area contributed by atoms with Gasteiger partial charge in [0.1, 0.15) is 10.7 Å². The van der Waals surface area contributed by atoms with Gasteiger partial charge in [-0.15, -0.1) is 0 Å². The van der Waals surface area contributed by atoms with E-state index in [1.54, 1.807) is 13.8 Å². The van der Waals surface area contributed by atoms with E-state index in [-0.39, 0.29) is 29.6 Å². The molecule has 0 atom stereocenters. The molecule has 0 aliphatic rings. The van der Waals surface area contributed by atoms with Crippen molar-refractivity contribution in [2.24, 2.45) is 0 Å². The van der Waals surface area contributed by atoms with Crippen LogP contribution in [0.25, 0.3) is 0 Å². The molecule has 0 heterocycles. The fourth-order valence-corrected chi connectivity index (χ4v) is 3.20. The number of carbonyl (C=O) groups excluding carboxylic acids is 1. The van der Waals surface area contributed by atoms with E-state index in [1.165, 1.54) is 17.3 Å². The van der Waals surface area contributed by atoms with E-state index < -0.39 is 15.8 Å². The second kappa shape index (κ2) is 6.12. The second-order valence-corrected chi connectivity index (χ2v) is 5.82. The molecule has 106 valence electrons. The minimum atomic E-state index is -3.83. The zero-order valence-electron chi connectivity index (χ0n) is 11.1. The van der Waals surface area contributed by atoms with Gasteiger partial charge >= 0.3 is 0 Å². The van der Waals surface area contributed by atoms with Crippen LogP contribution in [0.4, 0.5) is 10.1 Å². The summed E-state index contributed by atoms with van der Waals surface area (Å²) in [5.41, 5.74) is 0.225. The number of nitrogens with one attached hydrogen (secondary N) is 1. The van der Waals surface area contributed by atoms with Crippen LogP contribution in [0.15, 0.2) is 23.1 Å². The van der Waals surface area contributed by atoms with Gasteiger partial charge in [0.25, 0.3) is 0 Å². The van der Waals surface area contributed by atoms with Crippen LogP contribution in [0.1, 0.15) is 20.8 Å². The van der Waals surface area contributed by atoms with Crippen molar-refractivity contribution in [1.29, 1.82) is 0 Å². The molecular formula is C12H17FN2O3S. The van der Waals surface area contributed by atoms with Crippen molar-refractivity contribution in [2.45, 2.75) is 25.7 Å². The SMILES string of the molecule is CCN(CC)S(=O)(=O)c1ccc(NC(C)=O)cc1F. The highest BCUT2D eigenvalue weighted by atomic mass is 32.2. The van der Waals surface area contributed by atoms with Gasteiger partial charge in [-0.05, 0) is 18.2 Å². The van der Waals surface area contributed by atoms with E-state index in [1.807, 2.05) is 0 Å². The van der Waals surface area contributed by atoms with Gasteiger partial charge in [-0.2, -0.15) is 4.31 Å². The van der Waals surface area contributed by atoms with Crippen molar-refractivity contribution in [2.75, 3.05) is 18.4 Å². The summed E-state index contributed by atoms with van der Waals surface area (Å²) in [7, 11) is -3.83. The molecule has 1 aromatic rings. The van der Waals surface area contributed by atoms with Crippen molar-refractivity contribution in [3.8, 4) is 0 Å². The molecule has 1 rings (SSSR count). The highest BCUT2D eigenvalue weighted by Crippen LogP contribution is 2.22. The van der Waals surface area contributed by atoms with Gasteiger partial charge < -0.3 is 5.32 Å². The van der Waals surface area contributed by atoms with Crippen LogP contribution >= 0.6 is 0 Å². The molecule has 0 radical (unpaired) electrons. The molecule has 0 bridgehead atoms. The zero-order valence-corrected chi connectivity index (χ0v) is 11.9. The van der Waals surface area contributed by atoms with Gasteiger partial charge in [-0.25, -0.2) is 12.8 Å². The predicted octanol–water partition coefficient (Wildman–Crippen LogP) is 1.81. The maximum absolute atomic E-state index is 13.9. The van der Waals surface area contributed by atoms with Crippen molar-refractivity contribution in [3.63, 3.8) is 0 Å². The lowest BCUT2D eigenvalue weighted by molar-refractivity contribution is -0.114. The Balaban J connectivity index is 3.19. The molecule has 0 saturated carbocycles. The van der Waals surface area contributed by atoms with Crippen LogP contribution in [0, 0.1) is 5.82 Å². The van der Waals surface area contributed by atoms with E-state index in [0.29, 0.717) is 0 Å². The van der Waals surface area contributed by atoms with Gasteiger partial charge in [-0.3, -0.25) is 4.79 Å². The molecule has 0 aromatic heterocycles. The van der Waals surface area contributed by atoms with Crippen molar-refractivity contribution >= 4 is 21.6 Å². The molecular weight excluding hydrogens is 271 g/mol. The number of carbonyl (C=O) groups is 1. The molecule has 19 heavy (non-hydrogen) atoms. The molecule has 1 aromatic carbocycles. The second-order valence-electron chi connectivity index (χ2n) is 3.92. The number of halogens is 1. The van der Waals surface area contributed by atoms with Gasteiger partial charge in [0.05, 0.1) is 0 Å². The van der Waals surface area contributed by atoms with E-state index in [9.17, 15) is 17.6 Å². The summed E-state index contributed by atoms with van der Waals surface area (Å²) in [5, 5.41) is 2.39. The number of nitrogens with zero attached hydrogens (tertiary/aromatic N) is 1. The molecule has 7 heteroatoms. The third-order valence-electron chi connectivity index (χ3n) is 2.58. The van der Waals surface area contributed by atoms with Gasteiger partial charge in [0, 0.05) is 25.7 Å². The first-order valence-corrected chi connectivity index (χ1v) is 7.34. The van der Waals surface area contributed by atoms with Crippen molar-refractivity contribution < 1.29 is 17.6 Å². The molecule has 0 spiro atoms. The number of sulfonamides is 1. The fraction of sp³-hybridized carbons (Fsp3) is 0.417. The maximum atomic E-state index is 13.9. The summed E-state index contributed by atoms with van der Waals surface area (Å²) in [6.07, 6.45) is 0. The summed E-state index contributed by atoms with van der Waals surface area (Å²) in [6.45, 7) is 5.20. The lowest BCUT2D eigenvalue weighted by Gasteiger charge is -2.19. The number of anilines is 1. The highest BCUT2D eigenvalue weighted by molar-refractivity contribution is 7.89. The highest BCUT2D eigenvalue weighted by Gasteiger charge is 2.25. The van der Waals surface area contributed by atoms with Crippen LogP contribution in [-0.4, -0.2) is 31.7 Å². The smallest absolute Gasteiger partial charge is 0.245 e. The standard InChI is InChI=1S/C12H17FN2O3S/c1-4-15(5-2)19(17,18)12-7-6-10(8-11(12)13)14-9(3)16/h6-8H,4-5H2,1-3H3,(H,14,16). The largest absolute Gasteiger partial charge is 0.326 e. The molecule has 0 unspecified atom stereocenters. The van der Waals surface area contributed by atoms with Crippen LogP contribution in [-0.2, 0) is 14.8 Å². The van der Waals surface area contributed by atoms with Gasteiger partial charge in [0.15, 0.2) is 0 Å². The Morgan fingerprint density at radius 1 is 1.32 bits per heavy atom. The summed E-state index contributed by atoms with van der Waals surface area (Å²) in [5.74, 6) is -1.23. The summed E-state index contributed by atoms with van der Waals surface area (Å²) < 4.78 is 39.3. The Morgan fingerprint density at radius 2 is 1.89 bits per heavy atom. The summed E-state index contributed by atoms with van der Waals surface area (Å²) in [4.78, 5) is 10.5. The van der Waals surface area contributed by atoms with Crippen LogP contribution in [0.3, 0.4) is 0 Å². The number of amides is 1. The third kappa shape index (κ3) is 3.51. The van der Waals surface area contributed by atoms with E-state index in [4.69, 9.17) is 0 Å². The van der Waals surface area contributed by atoms with Gasteiger partial charge in [-0.1, -0.05) is 13.8 Å². The number of hydrogen-bond donors (Lipinski definition) is 1.